The Hall–Kier alpha value is -3.88. The number of pyridine rings is 1. The van der Waals surface area contributed by atoms with Crippen LogP contribution in [-0.2, 0) is 0 Å². The summed E-state index contributed by atoms with van der Waals surface area (Å²) in [4.78, 5) is 41.8. The van der Waals surface area contributed by atoms with Crippen molar-refractivity contribution in [3.8, 4) is 22.5 Å². The van der Waals surface area contributed by atoms with E-state index in [0.717, 1.165) is 61.5 Å². The maximum absolute atomic E-state index is 13.7. The van der Waals surface area contributed by atoms with E-state index in [9.17, 15) is 9.59 Å². The Morgan fingerprint density at radius 3 is 1.82 bits per heavy atom. The number of likely N-dealkylation sites (tertiary alicyclic amines) is 1. The lowest BCUT2D eigenvalue weighted by Gasteiger charge is -2.42. The summed E-state index contributed by atoms with van der Waals surface area (Å²) in [6.07, 6.45) is 1.91. The van der Waals surface area contributed by atoms with Gasteiger partial charge in [0.2, 0.25) is 0 Å². The molecule has 4 heterocycles. The fraction of sp³-hybridized carbons (Fsp3) is 0.290. The number of benzene rings is 2. The Bertz CT molecular complexity index is 1350. The number of aromatic nitrogens is 2. The van der Waals surface area contributed by atoms with Crippen LogP contribution in [0.3, 0.4) is 0 Å². The molecule has 0 radical (unpaired) electrons. The van der Waals surface area contributed by atoms with E-state index in [1.165, 1.54) is 11.3 Å². The number of thiazole rings is 1. The average Bonchev–Trinajstić information content (AvgIpc) is 3.56. The summed E-state index contributed by atoms with van der Waals surface area (Å²) in [7, 11) is 0. The number of hydrogen-bond acceptors (Lipinski definition) is 6. The van der Waals surface area contributed by atoms with E-state index < -0.39 is 0 Å². The molecule has 0 spiro atoms. The third-order valence-electron chi connectivity index (χ3n) is 7.73. The highest BCUT2D eigenvalue weighted by atomic mass is 32.1. The van der Waals surface area contributed by atoms with Crippen LogP contribution in [0.5, 0.6) is 0 Å². The number of piperazine rings is 1. The van der Waals surface area contributed by atoms with E-state index in [0.29, 0.717) is 30.4 Å². The van der Waals surface area contributed by atoms with Crippen LogP contribution in [-0.4, -0.2) is 81.8 Å². The van der Waals surface area contributed by atoms with Crippen LogP contribution in [0.15, 0.2) is 83.7 Å². The third kappa shape index (κ3) is 5.62. The molecular weight excluding hydrogens is 506 g/mol. The molecule has 7 nitrogen and oxygen atoms in total. The van der Waals surface area contributed by atoms with Crippen molar-refractivity contribution in [2.24, 2.45) is 0 Å². The summed E-state index contributed by atoms with van der Waals surface area (Å²) in [5, 5.41) is 1.82. The van der Waals surface area contributed by atoms with Crippen LogP contribution in [0.2, 0.25) is 0 Å². The standard InChI is InChI=1S/C31H31N5O2S/c37-30(25-19-27(23-7-3-1-4-8-23)33-28(20-25)24-9-5-2-6-10-24)36-17-15-34(16-18-36)26-11-13-35(14-12-26)31(38)29-21-39-22-32-29/h1-10,19-22,26H,11-18H2. The van der Waals surface area contributed by atoms with Crippen molar-refractivity contribution in [1.29, 1.82) is 0 Å². The second kappa shape index (κ2) is 11.5. The SMILES string of the molecule is O=C(c1cc(-c2ccccc2)nc(-c2ccccc2)c1)N1CCN(C2CCN(C(=O)c3cscn3)CC2)CC1. The highest BCUT2D eigenvalue weighted by molar-refractivity contribution is 7.07. The molecule has 8 heteroatoms. The van der Waals surface area contributed by atoms with Crippen LogP contribution in [0.4, 0.5) is 0 Å². The van der Waals surface area contributed by atoms with Crippen LogP contribution >= 0.6 is 11.3 Å². The van der Waals surface area contributed by atoms with Crippen molar-refractivity contribution in [3.63, 3.8) is 0 Å². The quantitative estimate of drug-likeness (QED) is 0.361. The lowest BCUT2D eigenvalue weighted by molar-refractivity contribution is 0.0410. The number of carbonyl (C=O) groups excluding carboxylic acids is 2. The van der Waals surface area contributed by atoms with Crippen LogP contribution < -0.4 is 0 Å². The number of carbonyl (C=O) groups is 2. The Kier molecular flexibility index (Phi) is 7.47. The van der Waals surface area contributed by atoms with Crippen LogP contribution in [0, 0.1) is 0 Å². The molecule has 2 aliphatic heterocycles. The fourth-order valence-electron chi connectivity index (χ4n) is 5.55. The van der Waals surface area contributed by atoms with Gasteiger partial charge < -0.3 is 9.80 Å². The highest BCUT2D eigenvalue weighted by Crippen LogP contribution is 2.26. The van der Waals surface area contributed by atoms with Crippen LogP contribution in [0.1, 0.15) is 33.7 Å². The molecule has 0 saturated carbocycles. The molecule has 0 bridgehead atoms. The minimum atomic E-state index is 0.0345. The first-order valence-corrected chi connectivity index (χ1v) is 14.4. The monoisotopic (exact) mass is 537 g/mol. The van der Waals surface area contributed by atoms with Gasteiger partial charge in [0.05, 0.1) is 16.9 Å². The van der Waals surface area contributed by atoms with Gasteiger partial charge in [0.1, 0.15) is 5.69 Å². The number of nitrogens with zero attached hydrogens (tertiary/aromatic N) is 5. The maximum Gasteiger partial charge on any atom is 0.273 e. The van der Waals surface area contributed by atoms with Crippen molar-refractivity contribution in [1.82, 2.24) is 24.7 Å². The molecule has 2 aromatic heterocycles. The van der Waals surface area contributed by atoms with Gasteiger partial charge in [-0.1, -0.05) is 60.7 Å². The topological polar surface area (TPSA) is 69.6 Å². The summed E-state index contributed by atoms with van der Waals surface area (Å²) < 4.78 is 0. The summed E-state index contributed by atoms with van der Waals surface area (Å²) in [6.45, 7) is 4.58. The molecule has 0 aliphatic carbocycles. The van der Waals surface area contributed by atoms with E-state index >= 15 is 0 Å². The summed E-state index contributed by atoms with van der Waals surface area (Å²) in [6, 6.07) is 24.3. The molecule has 2 aliphatic rings. The maximum atomic E-state index is 13.7. The minimum Gasteiger partial charge on any atom is -0.337 e. The van der Waals surface area contributed by atoms with E-state index in [1.807, 2.05) is 88.0 Å². The van der Waals surface area contributed by atoms with Gasteiger partial charge in [0, 0.05) is 67.4 Å². The van der Waals surface area contributed by atoms with Gasteiger partial charge in [-0.25, -0.2) is 9.97 Å². The molecule has 2 fully saturated rings. The summed E-state index contributed by atoms with van der Waals surface area (Å²) >= 11 is 1.45. The number of rotatable bonds is 5. The second-order valence-electron chi connectivity index (χ2n) is 10.1. The van der Waals surface area contributed by atoms with Gasteiger partial charge in [-0.3, -0.25) is 14.5 Å². The van der Waals surface area contributed by atoms with E-state index in [1.54, 1.807) is 5.51 Å². The van der Waals surface area contributed by atoms with Crippen molar-refractivity contribution >= 4 is 23.2 Å². The zero-order valence-electron chi connectivity index (χ0n) is 21.8. The second-order valence-corrected chi connectivity index (χ2v) is 10.8. The number of hydrogen-bond donors (Lipinski definition) is 0. The first-order valence-electron chi connectivity index (χ1n) is 13.5. The molecule has 6 rings (SSSR count). The van der Waals surface area contributed by atoms with Gasteiger partial charge in [0.25, 0.3) is 11.8 Å². The molecule has 39 heavy (non-hydrogen) atoms. The Morgan fingerprint density at radius 2 is 1.28 bits per heavy atom. The zero-order chi connectivity index (χ0) is 26.6. The molecule has 0 atom stereocenters. The van der Waals surface area contributed by atoms with Crippen LogP contribution in [0.25, 0.3) is 22.5 Å². The van der Waals surface area contributed by atoms with Gasteiger partial charge in [-0.15, -0.1) is 11.3 Å². The predicted molar refractivity (Wildman–Crippen MR) is 154 cm³/mol. The lowest BCUT2D eigenvalue weighted by Crippen LogP contribution is -2.54. The molecule has 2 aromatic carbocycles. The lowest BCUT2D eigenvalue weighted by atomic mass is 10.0. The Morgan fingerprint density at radius 1 is 0.718 bits per heavy atom. The van der Waals surface area contributed by atoms with Crippen molar-refractivity contribution < 1.29 is 9.59 Å². The van der Waals surface area contributed by atoms with E-state index in [-0.39, 0.29) is 11.8 Å². The first kappa shape index (κ1) is 25.4. The highest BCUT2D eigenvalue weighted by Gasteiger charge is 2.31. The molecule has 4 aromatic rings. The Labute approximate surface area is 232 Å². The normalized spacial score (nSPS) is 16.8. The fourth-order valence-corrected chi connectivity index (χ4v) is 6.08. The zero-order valence-corrected chi connectivity index (χ0v) is 22.6. The van der Waals surface area contributed by atoms with Gasteiger partial charge in [0.15, 0.2) is 0 Å². The van der Waals surface area contributed by atoms with Gasteiger partial charge in [-0.05, 0) is 25.0 Å². The largest absolute Gasteiger partial charge is 0.337 e. The van der Waals surface area contributed by atoms with Crippen molar-refractivity contribution in [3.05, 3.63) is 94.9 Å². The van der Waals surface area contributed by atoms with E-state index in [2.05, 4.69) is 9.88 Å². The smallest absolute Gasteiger partial charge is 0.273 e. The van der Waals surface area contributed by atoms with Crippen molar-refractivity contribution in [2.75, 3.05) is 39.3 Å². The van der Waals surface area contributed by atoms with E-state index in [4.69, 9.17) is 4.98 Å². The predicted octanol–water partition coefficient (Wildman–Crippen LogP) is 4.93. The molecule has 0 N–H and O–H groups in total. The number of amides is 2. The number of piperidine rings is 1. The summed E-state index contributed by atoms with van der Waals surface area (Å²) in [5.74, 6) is 0.0855. The molecule has 198 valence electrons. The average molecular weight is 538 g/mol. The third-order valence-corrected chi connectivity index (χ3v) is 8.32. The molecule has 0 unspecified atom stereocenters. The van der Waals surface area contributed by atoms with Crippen molar-refractivity contribution in [2.45, 2.75) is 18.9 Å². The first-order chi connectivity index (χ1) is 19.2. The molecular formula is C31H31N5O2S. The van der Waals surface area contributed by atoms with Gasteiger partial charge >= 0.3 is 0 Å². The van der Waals surface area contributed by atoms with Gasteiger partial charge in [-0.2, -0.15) is 0 Å². The minimum absolute atomic E-state index is 0.0345. The molecule has 2 amide bonds. The Balaban J connectivity index is 1.12. The molecule has 2 saturated heterocycles. The summed E-state index contributed by atoms with van der Waals surface area (Å²) in [5.41, 5.74) is 6.52.